The van der Waals surface area contributed by atoms with Crippen molar-refractivity contribution in [2.24, 2.45) is 10.9 Å². The minimum absolute atomic E-state index is 0.0171. The van der Waals surface area contributed by atoms with E-state index in [0.29, 0.717) is 38.5 Å². The van der Waals surface area contributed by atoms with Crippen LogP contribution < -0.4 is 16.2 Å². The number of amides is 1. The smallest absolute Gasteiger partial charge is 0.268 e. The van der Waals surface area contributed by atoms with E-state index in [2.05, 4.69) is 10.3 Å². The van der Waals surface area contributed by atoms with Gasteiger partial charge in [-0.2, -0.15) is 0 Å². The molecule has 0 aliphatic carbocycles. The van der Waals surface area contributed by atoms with Crippen molar-refractivity contribution in [1.82, 2.24) is 4.98 Å². The largest absolute Gasteiger partial charge is 0.384 e. The van der Waals surface area contributed by atoms with Gasteiger partial charge in [-0.3, -0.25) is 10.2 Å². The molecule has 34 heavy (non-hydrogen) atoms. The third-order valence-electron chi connectivity index (χ3n) is 4.90. The summed E-state index contributed by atoms with van der Waals surface area (Å²) in [7, 11) is -3.89. The van der Waals surface area contributed by atoms with Crippen LogP contribution in [0.3, 0.4) is 0 Å². The molecule has 0 atom stereocenters. The Morgan fingerprint density at radius 2 is 1.71 bits per heavy atom. The Bertz CT molecular complexity index is 1520. The number of primary sulfonamides is 1. The lowest BCUT2D eigenvalue weighted by molar-refractivity contribution is 0.103. The van der Waals surface area contributed by atoms with E-state index < -0.39 is 15.9 Å². The summed E-state index contributed by atoms with van der Waals surface area (Å²) in [5, 5.41) is 15.8. The predicted octanol–water partition coefficient (Wildman–Crippen LogP) is 4.31. The predicted molar refractivity (Wildman–Crippen MR) is 135 cm³/mol. The lowest BCUT2D eigenvalue weighted by atomic mass is 10.1. The second-order valence-corrected chi connectivity index (χ2v) is 10.3. The molecule has 0 radical (unpaired) electrons. The van der Waals surface area contributed by atoms with Gasteiger partial charge in [-0.1, -0.05) is 71.5 Å². The molecule has 0 spiro atoms. The molecular weight excluding hydrogens is 494 g/mol. The monoisotopic (exact) mass is 511 g/mol. The molecule has 0 fully saturated rings. The number of rotatable bonds is 6. The first-order chi connectivity index (χ1) is 16.1. The molecule has 11 heteroatoms. The lowest BCUT2D eigenvalue weighted by Crippen LogP contribution is -2.13. The van der Waals surface area contributed by atoms with Gasteiger partial charge in [0, 0.05) is 22.4 Å². The van der Waals surface area contributed by atoms with Crippen molar-refractivity contribution in [2.75, 3.05) is 5.32 Å². The van der Waals surface area contributed by atoms with Gasteiger partial charge in [0.25, 0.3) is 5.91 Å². The van der Waals surface area contributed by atoms with Gasteiger partial charge in [-0.05, 0) is 29.8 Å². The van der Waals surface area contributed by atoms with Crippen LogP contribution in [-0.4, -0.2) is 25.1 Å². The Labute approximate surface area is 204 Å². The number of sulfonamides is 1. The number of benzene rings is 3. The molecule has 0 saturated heterocycles. The zero-order valence-electron chi connectivity index (χ0n) is 17.4. The van der Waals surface area contributed by atoms with Crippen molar-refractivity contribution in [3.05, 3.63) is 87.7 Å². The van der Waals surface area contributed by atoms with Gasteiger partial charge >= 0.3 is 0 Å². The number of halogens is 1. The molecule has 0 aliphatic heterocycles. The van der Waals surface area contributed by atoms with Crippen LogP contribution in [0.4, 0.5) is 5.69 Å². The normalized spacial score (nSPS) is 11.2. The maximum atomic E-state index is 13.0. The highest BCUT2D eigenvalue weighted by Gasteiger charge is 2.20. The Morgan fingerprint density at radius 3 is 2.38 bits per heavy atom. The van der Waals surface area contributed by atoms with Crippen LogP contribution in [-0.2, 0) is 10.0 Å². The molecular formula is C23H18ClN5O3S2. The Kier molecular flexibility index (Phi) is 6.49. The summed E-state index contributed by atoms with van der Waals surface area (Å²) in [5.74, 6) is -0.511. The zero-order valence-corrected chi connectivity index (χ0v) is 19.8. The number of carbonyl (C=O) groups excluding carboxylic acids is 1. The van der Waals surface area contributed by atoms with Crippen LogP contribution in [0.2, 0.25) is 4.47 Å². The third-order valence-corrected chi connectivity index (χ3v) is 7.03. The number of hydrogen-bond acceptors (Lipinski definition) is 6. The van der Waals surface area contributed by atoms with Crippen LogP contribution in [0.25, 0.3) is 22.4 Å². The molecule has 1 aromatic heterocycles. The number of nitrogen functional groups attached to an aromatic ring is 1. The summed E-state index contributed by atoms with van der Waals surface area (Å²) < 4.78 is 24.0. The minimum Gasteiger partial charge on any atom is -0.384 e. The molecule has 1 heterocycles. The topological polar surface area (TPSA) is 152 Å². The van der Waals surface area contributed by atoms with Crippen LogP contribution in [0.1, 0.15) is 15.2 Å². The molecule has 172 valence electrons. The zero-order chi connectivity index (χ0) is 24.5. The van der Waals surface area contributed by atoms with E-state index in [1.54, 1.807) is 66.7 Å². The summed E-state index contributed by atoms with van der Waals surface area (Å²) in [6.45, 7) is 0. The van der Waals surface area contributed by atoms with Gasteiger partial charge in [-0.15, -0.1) is 0 Å². The highest BCUT2D eigenvalue weighted by atomic mass is 35.5. The number of amidine groups is 1. The SMILES string of the molecule is N=C(N)c1cccc(-c2nc(Cl)sc2C(=O)Nc2ccc(-c3ccccc3S(N)(=O)=O)cc2)c1. The van der Waals surface area contributed by atoms with Gasteiger partial charge in [0.1, 0.15) is 10.7 Å². The fourth-order valence-electron chi connectivity index (χ4n) is 3.35. The van der Waals surface area contributed by atoms with E-state index in [1.165, 1.54) is 6.07 Å². The fraction of sp³-hybridized carbons (Fsp3) is 0. The molecule has 1 amide bonds. The number of hydrogen-bond donors (Lipinski definition) is 4. The van der Waals surface area contributed by atoms with Crippen molar-refractivity contribution in [2.45, 2.75) is 4.90 Å². The van der Waals surface area contributed by atoms with E-state index >= 15 is 0 Å². The fourth-order valence-corrected chi connectivity index (χ4v) is 5.14. The molecule has 0 saturated carbocycles. The third kappa shape index (κ3) is 5.00. The first-order valence-corrected chi connectivity index (χ1v) is 12.5. The maximum Gasteiger partial charge on any atom is 0.268 e. The van der Waals surface area contributed by atoms with Gasteiger partial charge < -0.3 is 11.1 Å². The van der Waals surface area contributed by atoms with E-state index in [4.69, 9.17) is 27.9 Å². The van der Waals surface area contributed by atoms with E-state index in [1.807, 2.05) is 0 Å². The number of thiazole rings is 1. The van der Waals surface area contributed by atoms with Crippen LogP contribution in [0, 0.1) is 5.41 Å². The molecule has 3 aromatic carbocycles. The lowest BCUT2D eigenvalue weighted by Gasteiger charge is -2.10. The number of aromatic nitrogens is 1. The summed E-state index contributed by atoms with van der Waals surface area (Å²) >= 11 is 7.14. The number of nitrogens with two attached hydrogens (primary N) is 2. The average Bonchev–Trinajstić information content (AvgIpc) is 3.21. The first kappa shape index (κ1) is 23.6. The molecule has 8 nitrogen and oxygen atoms in total. The highest BCUT2D eigenvalue weighted by Crippen LogP contribution is 2.33. The summed E-state index contributed by atoms with van der Waals surface area (Å²) in [4.78, 5) is 17.6. The van der Waals surface area contributed by atoms with E-state index in [-0.39, 0.29) is 15.2 Å². The van der Waals surface area contributed by atoms with Crippen LogP contribution in [0.5, 0.6) is 0 Å². The number of anilines is 1. The summed E-state index contributed by atoms with van der Waals surface area (Å²) in [6.07, 6.45) is 0. The van der Waals surface area contributed by atoms with Gasteiger partial charge in [0.05, 0.1) is 10.6 Å². The van der Waals surface area contributed by atoms with Crippen molar-refractivity contribution >= 4 is 50.4 Å². The molecule has 4 aromatic rings. The van der Waals surface area contributed by atoms with E-state index in [9.17, 15) is 13.2 Å². The average molecular weight is 512 g/mol. The quantitative estimate of drug-likeness (QED) is 0.224. The highest BCUT2D eigenvalue weighted by molar-refractivity contribution is 7.89. The summed E-state index contributed by atoms with van der Waals surface area (Å²) in [6, 6.07) is 20.0. The van der Waals surface area contributed by atoms with Crippen molar-refractivity contribution < 1.29 is 13.2 Å². The molecule has 0 aliphatic rings. The first-order valence-electron chi connectivity index (χ1n) is 9.78. The molecule has 4 rings (SSSR count). The molecule has 6 N–H and O–H groups in total. The van der Waals surface area contributed by atoms with Crippen molar-refractivity contribution in [1.29, 1.82) is 5.41 Å². The number of carbonyl (C=O) groups is 1. The molecule has 0 bridgehead atoms. The summed E-state index contributed by atoms with van der Waals surface area (Å²) in [5.41, 5.74) is 8.65. The number of nitrogens with zero attached hydrogens (tertiary/aromatic N) is 1. The second kappa shape index (κ2) is 9.35. The van der Waals surface area contributed by atoms with Crippen molar-refractivity contribution in [3.8, 4) is 22.4 Å². The maximum absolute atomic E-state index is 13.0. The van der Waals surface area contributed by atoms with Crippen LogP contribution in [0.15, 0.2) is 77.7 Å². The number of nitrogens with one attached hydrogen (secondary N) is 2. The second-order valence-electron chi connectivity index (χ2n) is 7.21. The van der Waals surface area contributed by atoms with Gasteiger partial charge in [0.2, 0.25) is 10.0 Å². The van der Waals surface area contributed by atoms with Gasteiger partial charge in [-0.25, -0.2) is 18.5 Å². The van der Waals surface area contributed by atoms with Crippen molar-refractivity contribution in [3.63, 3.8) is 0 Å². The van der Waals surface area contributed by atoms with Gasteiger partial charge in [0.15, 0.2) is 4.47 Å². The van der Waals surface area contributed by atoms with E-state index in [0.717, 1.165) is 11.3 Å². The van der Waals surface area contributed by atoms with Crippen LogP contribution >= 0.6 is 22.9 Å². The Balaban J connectivity index is 1.61. The Morgan fingerprint density at radius 1 is 1.00 bits per heavy atom. The molecule has 0 unspecified atom stereocenters. The standard InChI is InChI=1S/C23H18ClN5O3S2/c24-23-29-19(14-4-3-5-15(12-14)21(25)26)20(33-23)22(30)28-16-10-8-13(9-11-16)17-6-1-2-7-18(17)34(27,31)32/h1-12H,(H3,25,26)(H,28,30)(H2,27,31,32). The Hall–Kier alpha value is -3.57. The minimum atomic E-state index is -3.89.